The van der Waals surface area contributed by atoms with Crippen molar-refractivity contribution in [3.05, 3.63) is 70.9 Å². The summed E-state index contributed by atoms with van der Waals surface area (Å²) in [5.41, 5.74) is 2.50. The van der Waals surface area contributed by atoms with Gasteiger partial charge in [-0.3, -0.25) is 14.7 Å². The zero-order chi connectivity index (χ0) is 21.6. The molecule has 1 saturated heterocycles. The van der Waals surface area contributed by atoms with E-state index in [-0.39, 0.29) is 12.5 Å². The maximum Gasteiger partial charge on any atom is 0.260 e. The van der Waals surface area contributed by atoms with Gasteiger partial charge in [-0.25, -0.2) is 0 Å². The van der Waals surface area contributed by atoms with Gasteiger partial charge in [0.1, 0.15) is 11.3 Å². The van der Waals surface area contributed by atoms with Gasteiger partial charge in [0.2, 0.25) is 0 Å². The lowest BCUT2D eigenvalue weighted by Crippen LogP contribution is -2.38. The highest BCUT2D eigenvalue weighted by Crippen LogP contribution is 2.29. The molecule has 0 N–H and O–H groups in total. The quantitative estimate of drug-likeness (QED) is 0.609. The number of rotatable bonds is 5. The third-order valence-electron chi connectivity index (χ3n) is 5.46. The highest BCUT2D eigenvalue weighted by atomic mass is 35.5. The van der Waals surface area contributed by atoms with Gasteiger partial charge in [-0.15, -0.1) is 0 Å². The van der Waals surface area contributed by atoms with Crippen LogP contribution in [-0.2, 0) is 11.3 Å². The van der Waals surface area contributed by atoms with Crippen LogP contribution in [0.1, 0.15) is 17.5 Å². The Labute approximate surface area is 186 Å². The fraction of sp³-hybridized carbons (Fsp3) is 0.292. The highest BCUT2D eigenvalue weighted by Gasteiger charge is 2.20. The topological polar surface area (TPSA) is 69.5 Å². The average Bonchev–Trinajstić information content (AvgIpc) is 3.05. The van der Waals surface area contributed by atoms with Gasteiger partial charge in [0.15, 0.2) is 6.61 Å². The number of ether oxygens (including phenoxy) is 1. The molecule has 0 atom stereocenters. The van der Waals surface area contributed by atoms with Crippen molar-refractivity contribution in [2.45, 2.75) is 13.0 Å². The van der Waals surface area contributed by atoms with Gasteiger partial charge >= 0.3 is 0 Å². The normalized spacial score (nSPS) is 14.8. The Morgan fingerprint density at radius 1 is 1.10 bits per heavy atom. The van der Waals surface area contributed by atoms with E-state index in [0.29, 0.717) is 34.9 Å². The SMILES string of the molecule is N#Cc1ccc(CN2CCCN(C(=O)COc3ccc(Cl)c4cccnc34)CC2)cc1. The zero-order valence-corrected chi connectivity index (χ0v) is 17.9. The number of aromatic nitrogens is 1. The van der Waals surface area contributed by atoms with Crippen molar-refractivity contribution < 1.29 is 9.53 Å². The molecule has 1 aromatic heterocycles. The molecule has 0 aliphatic carbocycles. The lowest BCUT2D eigenvalue weighted by Gasteiger charge is -2.22. The Hall–Kier alpha value is -3.14. The van der Waals surface area contributed by atoms with Gasteiger partial charge in [-0.05, 0) is 48.4 Å². The molecule has 158 valence electrons. The number of nitrogens with zero attached hydrogens (tertiary/aromatic N) is 4. The largest absolute Gasteiger partial charge is 0.481 e. The summed E-state index contributed by atoms with van der Waals surface area (Å²) >= 11 is 6.23. The van der Waals surface area contributed by atoms with Gasteiger partial charge in [0.25, 0.3) is 5.91 Å². The zero-order valence-electron chi connectivity index (χ0n) is 17.1. The van der Waals surface area contributed by atoms with Gasteiger partial charge < -0.3 is 9.64 Å². The van der Waals surface area contributed by atoms with E-state index in [2.05, 4.69) is 16.0 Å². The van der Waals surface area contributed by atoms with Crippen molar-refractivity contribution in [3.8, 4) is 11.8 Å². The minimum Gasteiger partial charge on any atom is -0.481 e. The van der Waals surface area contributed by atoms with Crippen LogP contribution >= 0.6 is 11.6 Å². The van der Waals surface area contributed by atoms with Crippen LogP contribution in [0.25, 0.3) is 10.9 Å². The fourth-order valence-corrected chi connectivity index (χ4v) is 4.00. The number of benzene rings is 2. The monoisotopic (exact) mass is 434 g/mol. The Kier molecular flexibility index (Phi) is 6.66. The lowest BCUT2D eigenvalue weighted by molar-refractivity contribution is -0.133. The summed E-state index contributed by atoms with van der Waals surface area (Å²) in [6.45, 7) is 3.90. The maximum absolute atomic E-state index is 12.8. The van der Waals surface area contributed by atoms with E-state index in [1.165, 1.54) is 5.56 Å². The predicted octanol–water partition coefficient (Wildman–Crippen LogP) is 3.87. The average molecular weight is 435 g/mol. The second-order valence-electron chi connectivity index (χ2n) is 7.55. The summed E-state index contributed by atoms with van der Waals surface area (Å²) in [5.74, 6) is 0.532. The third kappa shape index (κ3) is 5.13. The maximum atomic E-state index is 12.8. The fourth-order valence-electron chi connectivity index (χ4n) is 3.78. The molecule has 0 unspecified atom stereocenters. The molecule has 7 heteroatoms. The molecule has 3 aromatic rings. The van der Waals surface area contributed by atoms with Gasteiger partial charge in [0.05, 0.1) is 16.7 Å². The van der Waals surface area contributed by atoms with Crippen LogP contribution in [0.2, 0.25) is 5.02 Å². The number of hydrogen-bond donors (Lipinski definition) is 0. The van der Waals surface area contributed by atoms with Crippen molar-refractivity contribution in [2.75, 3.05) is 32.8 Å². The summed E-state index contributed by atoms with van der Waals surface area (Å²) in [4.78, 5) is 21.3. The molecule has 6 nitrogen and oxygen atoms in total. The summed E-state index contributed by atoms with van der Waals surface area (Å²) in [6.07, 6.45) is 2.60. The van der Waals surface area contributed by atoms with Crippen LogP contribution in [0, 0.1) is 11.3 Å². The van der Waals surface area contributed by atoms with E-state index in [0.717, 1.165) is 31.4 Å². The predicted molar refractivity (Wildman–Crippen MR) is 120 cm³/mol. The van der Waals surface area contributed by atoms with E-state index in [4.69, 9.17) is 21.6 Å². The Morgan fingerprint density at radius 3 is 2.74 bits per heavy atom. The van der Waals surface area contributed by atoms with Crippen molar-refractivity contribution >= 4 is 28.4 Å². The second kappa shape index (κ2) is 9.78. The van der Waals surface area contributed by atoms with Crippen molar-refractivity contribution in [2.24, 2.45) is 0 Å². The van der Waals surface area contributed by atoms with E-state index >= 15 is 0 Å². The van der Waals surface area contributed by atoms with E-state index in [1.807, 2.05) is 41.3 Å². The van der Waals surface area contributed by atoms with Crippen LogP contribution in [0.5, 0.6) is 5.75 Å². The van der Waals surface area contributed by atoms with Crippen LogP contribution in [0.3, 0.4) is 0 Å². The van der Waals surface area contributed by atoms with E-state index in [1.54, 1.807) is 18.3 Å². The summed E-state index contributed by atoms with van der Waals surface area (Å²) < 4.78 is 5.82. The highest BCUT2D eigenvalue weighted by molar-refractivity contribution is 6.35. The van der Waals surface area contributed by atoms with Gasteiger partial charge in [-0.1, -0.05) is 23.7 Å². The molecule has 1 aliphatic rings. The van der Waals surface area contributed by atoms with Crippen LogP contribution in [0.15, 0.2) is 54.7 Å². The van der Waals surface area contributed by atoms with Crippen molar-refractivity contribution in [1.82, 2.24) is 14.8 Å². The molecule has 4 rings (SSSR count). The Balaban J connectivity index is 1.33. The first-order chi connectivity index (χ1) is 15.1. The van der Waals surface area contributed by atoms with Crippen LogP contribution < -0.4 is 4.74 Å². The minimum absolute atomic E-state index is 0.0249. The molecule has 0 spiro atoms. The van der Waals surface area contributed by atoms with Crippen molar-refractivity contribution in [1.29, 1.82) is 5.26 Å². The molecule has 2 aromatic carbocycles. The van der Waals surface area contributed by atoms with E-state index in [9.17, 15) is 4.79 Å². The number of halogens is 1. The lowest BCUT2D eigenvalue weighted by atomic mass is 10.1. The summed E-state index contributed by atoms with van der Waals surface area (Å²) in [7, 11) is 0. The standard InChI is InChI=1S/C24H23ClN4O2/c25-21-8-9-22(24-20(21)3-1-10-27-24)31-17-23(30)29-12-2-11-28(13-14-29)16-19-6-4-18(15-26)5-7-19/h1,3-10H,2,11-14,16-17H2. The summed E-state index contributed by atoms with van der Waals surface area (Å²) in [5, 5.41) is 10.3. The molecular formula is C24H23ClN4O2. The smallest absolute Gasteiger partial charge is 0.260 e. The third-order valence-corrected chi connectivity index (χ3v) is 5.79. The number of nitriles is 1. The molecule has 0 bridgehead atoms. The first-order valence-corrected chi connectivity index (χ1v) is 10.7. The first-order valence-electron chi connectivity index (χ1n) is 10.3. The van der Waals surface area contributed by atoms with Crippen LogP contribution in [0.4, 0.5) is 0 Å². The number of carbonyl (C=O) groups excluding carboxylic acids is 1. The second-order valence-corrected chi connectivity index (χ2v) is 7.96. The molecule has 0 radical (unpaired) electrons. The molecule has 1 aliphatic heterocycles. The summed E-state index contributed by atoms with van der Waals surface area (Å²) in [6, 6.07) is 17.0. The number of amides is 1. The molecule has 2 heterocycles. The number of fused-ring (bicyclic) bond motifs is 1. The number of carbonyl (C=O) groups is 1. The molecule has 31 heavy (non-hydrogen) atoms. The Bertz CT molecular complexity index is 1110. The first kappa shape index (κ1) is 21.1. The number of hydrogen-bond acceptors (Lipinski definition) is 5. The van der Waals surface area contributed by atoms with E-state index < -0.39 is 0 Å². The minimum atomic E-state index is -0.0285. The van der Waals surface area contributed by atoms with Gasteiger partial charge in [0, 0.05) is 44.3 Å². The molecule has 1 fully saturated rings. The van der Waals surface area contributed by atoms with Crippen molar-refractivity contribution in [3.63, 3.8) is 0 Å². The molecule has 1 amide bonds. The Morgan fingerprint density at radius 2 is 1.94 bits per heavy atom. The van der Waals surface area contributed by atoms with Gasteiger partial charge in [-0.2, -0.15) is 5.26 Å². The molecule has 0 saturated carbocycles. The van der Waals surface area contributed by atoms with Crippen LogP contribution in [-0.4, -0.2) is 53.5 Å². The number of pyridine rings is 1. The molecular weight excluding hydrogens is 412 g/mol.